The largest absolute Gasteiger partial charge is 0.457 e. The van der Waals surface area contributed by atoms with E-state index in [0.29, 0.717) is 0 Å². The van der Waals surface area contributed by atoms with E-state index in [1.54, 1.807) is 0 Å². The third-order valence-corrected chi connectivity index (χ3v) is 5.72. The van der Waals surface area contributed by atoms with Crippen molar-refractivity contribution in [1.82, 2.24) is 0 Å². The molecule has 0 aliphatic heterocycles. The van der Waals surface area contributed by atoms with E-state index in [0.717, 1.165) is 17.1 Å². The van der Waals surface area contributed by atoms with E-state index in [4.69, 9.17) is 4.74 Å². The highest BCUT2D eigenvalue weighted by Crippen LogP contribution is 2.29. The van der Waals surface area contributed by atoms with Crippen LogP contribution in [0.15, 0.2) is 97.1 Å². The average molecular weight is 574 g/mol. The maximum absolute atomic E-state index is 6.07. The van der Waals surface area contributed by atoms with Crippen LogP contribution in [0.2, 0.25) is 0 Å². The van der Waals surface area contributed by atoms with Gasteiger partial charge in [0, 0.05) is 7.14 Å². The second-order valence-electron chi connectivity index (χ2n) is 6.17. The van der Waals surface area contributed by atoms with Gasteiger partial charge in [-0.3, -0.25) is 0 Å². The van der Waals surface area contributed by atoms with E-state index in [9.17, 15) is 0 Å². The van der Waals surface area contributed by atoms with Crippen LogP contribution in [0.5, 0.6) is 11.5 Å². The van der Waals surface area contributed by atoms with E-state index >= 15 is 0 Å². The molecule has 0 amide bonds. The van der Waals surface area contributed by atoms with Crippen LogP contribution in [0.1, 0.15) is 0 Å². The third-order valence-electron chi connectivity index (χ3n) is 4.28. The summed E-state index contributed by atoms with van der Waals surface area (Å²) in [4.78, 5) is 0. The van der Waals surface area contributed by atoms with Crippen molar-refractivity contribution < 1.29 is 4.74 Å². The molecule has 3 heteroatoms. The summed E-state index contributed by atoms with van der Waals surface area (Å²) in [6, 6.07) is 33.5. The maximum Gasteiger partial charge on any atom is 0.128 e. The molecule has 0 saturated carbocycles. The summed E-state index contributed by atoms with van der Waals surface area (Å²) in [6.45, 7) is 0. The molecule has 132 valence electrons. The number of rotatable bonds is 4. The second-order valence-corrected chi connectivity index (χ2v) is 8.66. The number of hydrogen-bond acceptors (Lipinski definition) is 1. The summed E-state index contributed by atoms with van der Waals surface area (Å²) in [7, 11) is 0. The van der Waals surface area contributed by atoms with Gasteiger partial charge in [-0.2, -0.15) is 0 Å². The number of halogens is 2. The van der Waals surface area contributed by atoms with Gasteiger partial charge in [0.25, 0.3) is 0 Å². The molecule has 0 saturated heterocycles. The summed E-state index contributed by atoms with van der Waals surface area (Å²) in [6.07, 6.45) is 0. The predicted molar refractivity (Wildman–Crippen MR) is 129 cm³/mol. The van der Waals surface area contributed by atoms with Crippen LogP contribution >= 0.6 is 45.2 Å². The van der Waals surface area contributed by atoms with E-state index in [2.05, 4.69) is 118 Å². The molecule has 0 N–H and O–H groups in total. The lowest BCUT2D eigenvalue weighted by Crippen LogP contribution is -1.86. The van der Waals surface area contributed by atoms with Gasteiger partial charge in [0.15, 0.2) is 0 Å². The van der Waals surface area contributed by atoms with Gasteiger partial charge >= 0.3 is 0 Å². The summed E-state index contributed by atoms with van der Waals surface area (Å²) < 4.78 is 8.54. The topological polar surface area (TPSA) is 9.23 Å². The Labute approximate surface area is 186 Å². The highest BCUT2D eigenvalue weighted by atomic mass is 127. The van der Waals surface area contributed by atoms with E-state index in [1.165, 1.54) is 23.8 Å². The minimum atomic E-state index is 0.837. The number of benzene rings is 4. The zero-order chi connectivity index (χ0) is 18.6. The van der Waals surface area contributed by atoms with Gasteiger partial charge in [-0.25, -0.2) is 0 Å². The van der Waals surface area contributed by atoms with Gasteiger partial charge in [-0.1, -0.05) is 48.5 Å². The molecule has 0 heterocycles. The Morgan fingerprint density at radius 2 is 0.926 bits per heavy atom. The van der Waals surface area contributed by atoms with Crippen molar-refractivity contribution in [2.24, 2.45) is 0 Å². The molecule has 0 aromatic heterocycles. The second kappa shape index (κ2) is 8.44. The molecule has 0 aliphatic rings. The first-order valence-corrected chi connectivity index (χ1v) is 10.7. The molecular formula is C24H16I2O. The van der Waals surface area contributed by atoms with Crippen LogP contribution in [-0.2, 0) is 0 Å². The SMILES string of the molecule is Ic1ccc(-c2ccc(Oc3cccc(-c4ccc(I)cc4)c3)cc2)cc1. The fraction of sp³-hybridized carbons (Fsp3) is 0. The summed E-state index contributed by atoms with van der Waals surface area (Å²) in [5, 5.41) is 0. The van der Waals surface area contributed by atoms with Crippen molar-refractivity contribution in [1.29, 1.82) is 0 Å². The fourth-order valence-electron chi connectivity index (χ4n) is 2.88. The highest BCUT2D eigenvalue weighted by Gasteiger charge is 2.03. The molecule has 0 atom stereocenters. The molecule has 0 unspecified atom stereocenters. The van der Waals surface area contributed by atoms with E-state index in [1.807, 2.05) is 24.3 Å². The minimum absolute atomic E-state index is 0.837. The van der Waals surface area contributed by atoms with Gasteiger partial charge in [0.05, 0.1) is 0 Å². The smallest absolute Gasteiger partial charge is 0.128 e. The van der Waals surface area contributed by atoms with Crippen LogP contribution in [0.4, 0.5) is 0 Å². The van der Waals surface area contributed by atoms with Crippen LogP contribution in [0, 0.1) is 7.14 Å². The highest BCUT2D eigenvalue weighted by molar-refractivity contribution is 14.1. The molecule has 4 rings (SSSR count). The van der Waals surface area contributed by atoms with Gasteiger partial charge in [0.1, 0.15) is 11.5 Å². The Hall–Kier alpha value is -1.86. The molecule has 0 spiro atoms. The maximum atomic E-state index is 6.07. The van der Waals surface area contributed by atoms with Crippen molar-refractivity contribution in [3.05, 3.63) is 104 Å². The fourth-order valence-corrected chi connectivity index (χ4v) is 3.59. The molecule has 4 aromatic rings. The molecular weight excluding hydrogens is 558 g/mol. The van der Waals surface area contributed by atoms with Crippen LogP contribution < -0.4 is 4.74 Å². The normalized spacial score (nSPS) is 10.6. The third kappa shape index (κ3) is 4.71. The summed E-state index contributed by atoms with van der Waals surface area (Å²) in [5.74, 6) is 1.68. The molecule has 0 fully saturated rings. The zero-order valence-electron chi connectivity index (χ0n) is 14.4. The van der Waals surface area contributed by atoms with Crippen LogP contribution in [0.3, 0.4) is 0 Å². The molecule has 1 nitrogen and oxygen atoms in total. The van der Waals surface area contributed by atoms with Crippen molar-refractivity contribution in [3.8, 4) is 33.8 Å². The molecule has 0 bridgehead atoms. The van der Waals surface area contributed by atoms with Crippen molar-refractivity contribution in [3.63, 3.8) is 0 Å². The quantitative estimate of drug-likeness (QED) is 0.225. The Morgan fingerprint density at radius 3 is 1.48 bits per heavy atom. The lowest BCUT2D eigenvalue weighted by molar-refractivity contribution is 0.483. The Bertz CT molecular complexity index is 1040. The Balaban J connectivity index is 1.53. The molecule has 27 heavy (non-hydrogen) atoms. The standard InChI is InChI=1S/C24H16I2O/c25-21-10-4-17(5-11-21)18-8-14-23(15-9-18)27-24-3-1-2-20(16-24)19-6-12-22(26)13-7-19/h1-16H. The first-order chi connectivity index (χ1) is 13.2. The van der Waals surface area contributed by atoms with Crippen molar-refractivity contribution in [2.75, 3.05) is 0 Å². The van der Waals surface area contributed by atoms with Gasteiger partial charge in [-0.05, 0) is 116 Å². The lowest BCUT2D eigenvalue weighted by Gasteiger charge is -2.09. The van der Waals surface area contributed by atoms with E-state index in [-0.39, 0.29) is 0 Å². The molecule has 0 aliphatic carbocycles. The van der Waals surface area contributed by atoms with Crippen molar-refractivity contribution >= 4 is 45.2 Å². The Morgan fingerprint density at radius 1 is 0.444 bits per heavy atom. The van der Waals surface area contributed by atoms with Crippen LogP contribution in [0.25, 0.3) is 22.3 Å². The van der Waals surface area contributed by atoms with Gasteiger partial charge < -0.3 is 4.74 Å². The minimum Gasteiger partial charge on any atom is -0.457 e. The van der Waals surface area contributed by atoms with Crippen molar-refractivity contribution in [2.45, 2.75) is 0 Å². The summed E-state index contributed by atoms with van der Waals surface area (Å²) in [5.41, 5.74) is 4.74. The lowest BCUT2D eigenvalue weighted by atomic mass is 10.1. The summed E-state index contributed by atoms with van der Waals surface area (Å²) >= 11 is 4.64. The van der Waals surface area contributed by atoms with Gasteiger partial charge in [-0.15, -0.1) is 0 Å². The zero-order valence-corrected chi connectivity index (χ0v) is 18.7. The first-order valence-electron chi connectivity index (χ1n) is 8.57. The van der Waals surface area contributed by atoms with E-state index < -0.39 is 0 Å². The number of hydrogen-bond donors (Lipinski definition) is 0. The monoisotopic (exact) mass is 574 g/mol. The Kier molecular flexibility index (Phi) is 5.78. The predicted octanol–water partition coefficient (Wildman–Crippen LogP) is 8.02. The first kappa shape index (κ1) is 18.5. The van der Waals surface area contributed by atoms with Crippen LogP contribution in [-0.4, -0.2) is 0 Å². The molecule has 4 aromatic carbocycles. The average Bonchev–Trinajstić information content (AvgIpc) is 2.70. The number of ether oxygens (including phenoxy) is 1. The van der Waals surface area contributed by atoms with Gasteiger partial charge in [0.2, 0.25) is 0 Å². The molecule has 0 radical (unpaired) electrons.